The fourth-order valence-electron chi connectivity index (χ4n) is 6.11. The number of sulfonamides is 1. The smallest absolute Gasteiger partial charge is 0.326 e. The minimum atomic E-state index is -3.96. The van der Waals surface area contributed by atoms with E-state index in [0.717, 1.165) is 5.56 Å². The van der Waals surface area contributed by atoms with Crippen LogP contribution >= 0.6 is 0 Å². The Hall–Kier alpha value is -6.01. The van der Waals surface area contributed by atoms with Gasteiger partial charge in [-0.3, -0.25) is 43.1 Å². The molecule has 7 N–H and O–H groups in total. The van der Waals surface area contributed by atoms with Crippen molar-refractivity contribution in [1.29, 1.82) is 0 Å². The summed E-state index contributed by atoms with van der Waals surface area (Å²) in [5.41, 5.74) is 1.69. The third-order valence-corrected chi connectivity index (χ3v) is 11.1. The lowest BCUT2D eigenvalue weighted by Gasteiger charge is -2.16. The molecule has 0 saturated heterocycles. The summed E-state index contributed by atoms with van der Waals surface area (Å²) in [6, 6.07) is 5.89. The van der Waals surface area contributed by atoms with Gasteiger partial charge in [0.25, 0.3) is 0 Å². The average molecular weight is 951 g/mol. The number of carboxylic acids is 2. The van der Waals surface area contributed by atoms with Gasteiger partial charge < -0.3 is 35.6 Å². The molecule has 0 radical (unpaired) electrons. The number of rotatable bonds is 38. The van der Waals surface area contributed by atoms with Crippen molar-refractivity contribution in [2.45, 2.75) is 116 Å². The van der Waals surface area contributed by atoms with Crippen molar-refractivity contribution >= 4 is 62.9 Å². The molecule has 0 saturated carbocycles. The molecule has 2 rings (SSSR count). The molecule has 0 aliphatic carbocycles. The fraction of sp³-hybridized carbons (Fsp3) is 0.619. The van der Waals surface area contributed by atoms with Crippen molar-refractivity contribution in [3.8, 4) is 0 Å². The quantitative estimate of drug-likeness (QED) is 0.0363. The second kappa shape index (κ2) is 31.8. The number of aromatic amines is 1. The van der Waals surface area contributed by atoms with Crippen LogP contribution in [0, 0.1) is 12.8 Å². The number of Topliss-reactive ketones (excluding diaryl/α,β-unsaturated/α-hetero) is 3. The lowest BCUT2D eigenvalue weighted by Crippen LogP contribution is -2.41. The highest BCUT2D eigenvalue weighted by atomic mass is 32.2. The highest BCUT2D eigenvalue weighted by Gasteiger charge is 2.25. The second-order valence-electron chi connectivity index (χ2n) is 15.4. The van der Waals surface area contributed by atoms with Gasteiger partial charge in [-0.25, -0.2) is 13.2 Å². The topological polar surface area (TPSA) is 349 Å². The number of aryl methyl sites for hydroxylation is 2. The lowest BCUT2D eigenvalue weighted by atomic mass is 9.95. The van der Waals surface area contributed by atoms with Crippen molar-refractivity contribution in [3.63, 3.8) is 0 Å². The maximum Gasteiger partial charge on any atom is 0.326 e. The maximum atomic E-state index is 12.5. The summed E-state index contributed by atoms with van der Waals surface area (Å²) in [5.74, 6) is -6.97. The molecular weight excluding hydrogens is 889 g/mol. The van der Waals surface area contributed by atoms with Crippen molar-refractivity contribution in [2.75, 3.05) is 45.3 Å². The highest BCUT2D eigenvalue weighted by molar-refractivity contribution is 7.90. The number of aromatic nitrogens is 4. The predicted octanol–water partition coefficient (Wildman–Crippen LogP) is 0.905. The molecule has 1 heterocycles. The zero-order chi connectivity index (χ0) is 48.7. The number of tetrazole rings is 1. The SMILES string of the molecule is Cc1ccc(C(=O)CCCNC(=O)COCCOCCCC(=O)CCC(NC(=O)CCC(CC(=O)CCCNC(=O)CCCS(=O)(=O)NC(=O)CCCc2nn[nH]n2)C(=O)O)C(=O)O)cc1. The van der Waals surface area contributed by atoms with Crippen LogP contribution in [-0.4, -0.2) is 143 Å². The number of benzene rings is 1. The van der Waals surface area contributed by atoms with Crippen molar-refractivity contribution in [2.24, 2.45) is 5.92 Å². The van der Waals surface area contributed by atoms with Gasteiger partial charge in [-0.2, -0.15) is 5.21 Å². The van der Waals surface area contributed by atoms with Gasteiger partial charge in [-0.1, -0.05) is 35.0 Å². The Labute approximate surface area is 382 Å². The maximum absolute atomic E-state index is 12.5. The number of hydrogen-bond donors (Lipinski definition) is 7. The number of ether oxygens (including phenoxy) is 2. The summed E-state index contributed by atoms with van der Waals surface area (Å²) >= 11 is 0. The van der Waals surface area contributed by atoms with Crippen LogP contribution in [0.2, 0.25) is 0 Å². The van der Waals surface area contributed by atoms with Crippen LogP contribution in [0.1, 0.15) is 118 Å². The summed E-state index contributed by atoms with van der Waals surface area (Å²) in [7, 11) is -3.96. The molecule has 23 nitrogen and oxygen atoms in total. The van der Waals surface area contributed by atoms with E-state index in [0.29, 0.717) is 50.0 Å². The Morgan fingerprint density at radius 3 is 2.03 bits per heavy atom. The molecule has 66 heavy (non-hydrogen) atoms. The zero-order valence-electron chi connectivity index (χ0n) is 37.2. The number of carbonyl (C=O) groups excluding carboxylic acids is 7. The number of hydrogen-bond acceptors (Lipinski definition) is 16. The molecule has 0 fully saturated rings. The monoisotopic (exact) mass is 950 g/mol. The third-order valence-electron chi connectivity index (χ3n) is 9.75. The molecule has 1 aromatic heterocycles. The fourth-order valence-corrected chi connectivity index (χ4v) is 7.19. The number of carbonyl (C=O) groups is 9. The summed E-state index contributed by atoms with van der Waals surface area (Å²) in [6.07, 6.45) is 0.269. The zero-order valence-corrected chi connectivity index (χ0v) is 38.0. The van der Waals surface area contributed by atoms with Crippen LogP contribution in [0.3, 0.4) is 0 Å². The van der Waals surface area contributed by atoms with Gasteiger partial charge in [0.05, 0.1) is 24.9 Å². The van der Waals surface area contributed by atoms with Crippen LogP contribution in [0.4, 0.5) is 0 Å². The highest BCUT2D eigenvalue weighted by Crippen LogP contribution is 2.15. The predicted molar refractivity (Wildman–Crippen MR) is 233 cm³/mol. The van der Waals surface area contributed by atoms with E-state index in [2.05, 4.69) is 36.6 Å². The van der Waals surface area contributed by atoms with E-state index in [-0.39, 0.29) is 115 Å². The Bertz CT molecular complexity index is 2000. The second-order valence-corrected chi connectivity index (χ2v) is 17.3. The summed E-state index contributed by atoms with van der Waals surface area (Å²) in [4.78, 5) is 109. The molecule has 0 aliphatic rings. The minimum absolute atomic E-state index is 0.00375. The van der Waals surface area contributed by atoms with Gasteiger partial charge in [0.15, 0.2) is 11.6 Å². The summed E-state index contributed by atoms with van der Waals surface area (Å²) in [6.45, 7) is 2.68. The standard InChI is InChI=1S/C42H62N8O15S/c1-29-13-15-30(16-14-29)35(53)9-4-22-44-40(57)28-65-25-24-64-23-5-8-32(51)18-19-34(42(60)61)45-38(55)20-17-31(41(58)59)27-33(52)7-3-21-43-37(54)12-6-26-66(62,63)48-39(56)11-2-10-36-46-49-50-47-36/h13-16,31,34H,2-12,17-28H2,1H3,(H,43,54)(H,44,57)(H,45,55)(H,48,56)(H,58,59)(H,60,61)(H,46,47,49,50). The number of nitrogens with zero attached hydrogens (tertiary/aromatic N) is 3. The van der Waals surface area contributed by atoms with Gasteiger partial charge in [0, 0.05) is 83.0 Å². The first-order chi connectivity index (χ1) is 31.4. The van der Waals surface area contributed by atoms with E-state index in [1.165, 1.54) is 0 Å². The Morgan fingerprint density at radius 1 is 0.682 bits per heavy atom. The molecule has 0 aliphatic heterocycles. The number of H-pyrrole nitrogens is 1. The molecule has 2 aromatic rings. The van der Waals surface area contributed by atoms with Crippen molar-refractivity contribution < 1.29 is 71.3 Å². The molecule has 2 atom stereocenters. The number of amides is 4. The summed E-state index contributed by atoms with van der Waals surface area (Å²) in [5, 5.41) is 39.8. The molecule has 0 bridgehead atoms. The number of nitrogens with one attached hydrogen (secondary N) is 5. The van der Waals surface area contributed by atoms with E-state index in [1.54, 1.807) is 12.1 Å². The third kappa shape index (κ3) is 26.7. The van der Waals surface area contributed by atoms with Crippen LogP contribution in [0.25, 0.3) is 0 Å². The van der Waals surface area contributed by atoms with E-state index in [9.17, 15) is 61.8 Å². The minimum Gasteiger partial charge on any atom is -0.481 e. The molecule has 4 amide bonds. The van der Waals surface area contributed by atoms with Crippen LogP contribution in [0.15, 0.2) is 24.3 Å². The number of ketones is 3. The summed E-state index contributed by atoms with van der Waals surface area (Å²) < 4.78 is 37.0. The van der Waals surface area contributed by atoms with Gasteiger partial charge in [0.2, 0.25) is 33.7 Å². The van der Waals surface area contributed by atoms with Gasteiger partial charge >= 0.3 is 11.9 Å². The van der Waals surface area contributed by atoms with E-state index < -0.39 is 69.6 Å². The van der Waals surface area contributed by atoms with Crippen LogP contribution < -0.4 is 20.7 Å². The Balaban J connectivity index is 1.51. The van der Waals surface area contributed by atoms with Crippen LogP contribution in [-0.2, 0) is 64.3 Å². The first-order valence-electron chi connectivity index (χ1n) is 21.8. The number of aliphatic carboxylic acids is 2. The normalized spacial score (nSPS) is 12.1. The molecule has 0 spiro atoms. The van der Waals surface area contributed by atoms with Crippen molar-refractivity contribution in [3.05, 3.63) is 41.2 Å². The van der Waals surface area contributed by atoms with Gasteiger partial charge in [0.1, 0.15) is 24.2 Å². The van der Waals surface area contributed by atoms with Gasteiger partial charge in [-0.05, 0) is 51.9 Å². The van der Waals surface area contributed by atoms with Gasteiger partial charge in [-0.15, -0.1) is 10.2 Å². The molecule has 1 aromatic carbocycles. The molecule has 366 valence electrons. The van der Waals surface area contributed by atoms with Crippen LogP contribution in [0.5, 0.6) is 0 Å². The number of carboxylic acid groups (broad SMARTS) is 2. The van der Waals surface area contributed by atoms with E-state index in [1.807, 2.05) is 23.8 Å². The molecule has 2 unspecified atom stereocenters. The van der Waals surface area contributed by atoms with Crippen molar-refractivity contribution in [1.82, 2.24) is 41.3 Å². The first kappa shape index (κ1) is 56.1. The Kier molecular flexibility index (Phi) is 27.0. The molecule has 24 heteroatoms. The first-order valence-corrected chi connectivity index (χ1v) is 23.4. The Morgan fingerprint density at radius 2 is 1.35 bits per heavy atom. The molecular formula is C42H62N8O15S. The van der Waals surface area contributed by atoms with E-state index in [4.69, 9.17) is 9.47 Å². The largest absolute Gasteiger partial charge is 0.481 e. The average Bonchev–Trinajstić information content (AvgIpc) is 3.78. The van der Waals surface area contributed by atoms with E-state index >= 15 is 0 Å². The lowest BCUT2D eigenvalue weighted by molar-refractivity contribution is -0.145.